The fourth-order valence-corrected chi connectivity index (χ4v) is 4.86. The molecule has 1 aromatic heterocycles. The molecule has 1 N–H and O–H groups in total. The SMILES string of the molecule is CC(C)(C)C(=O)NC1CCC(CCN2CCN(c3nccc4c3OCC4)CC2)CC1. The fraction of sp³-hybridized carbons (Fsp3) is 0.750. The van der Waals surface area contributed by atoms with Crippen molar-refractivity contribution in [1.29, 1.82) is 0 Å². The molecule has 1 aliphatic carbocycles. The van der Waals surface area contributed by atoms with Crippen molar-refractivity contribution in [3.05, 3.63) is 17.8 Å². The highest BCUT2D eigenvalue weighted by Gasteiger charge is 2.28. The van der Waals surface area contributed by atoms with Gasteiger partial charge in [-0.25, -0.2) is 4.98 Å². The molecule has 0 atom stereocenters. The van der Waals surface area contributed by atoms with Crippen LogP contribution >= 0.6 is 0 Å². The lowest BCUT2D eigenvalue weighted by Gasteiger charge is -2.37. The van der Waals surface area contributed by atoms with Crippen molar-refractivity contribution in [1.82, 2.24) is 15.2 Å². The summed E-state index contributed by atoms with van der Waals surface area (Å²) >= 11 is 0. The number of ether oxygens (including phenoxy) is 1. The minimum absolute atomic E-state index is 0.188. The zero-order valence-corrected chi connectivity index (χ0v) is 19.0. The highest BCUT2D eigenvalue weighted by Crippen LogP contribution is 2.34. The molecular formula is C24H38N4O2. The number of nitrogens with one attached hydrogen (secondary N) is 1. The number of pyridine rings is 1. The number of aromatic nitrogens is 1. The molecule has 0 bridgehead atoms. The third kappa shape index (κ3) is 5.08. The number of hydrogen-bond acceptors (Lipinski definition) is 5. The quantitative estimate of drug-likeness (QED) is 0.802. The monoisotopic (exact) mass is 414 g/mol. The van der Waals surface area contributed by atoms with Crippen molar-refractivity contribution in [3.63, 3.8) is 0 Å². The van der Waals surface area contributed by atoms with E-state index in [0.29, 0.717) is 6.04 Å². The molecule has 0 radical (unpaired) electrons. The molecule has 166 valence electrons. The maximum Gasteiger partial charge on any atom is 0.225 e. The number of piperazine rings is 1. The van der Waals surface area contributed by atoms with Gasteiger partial charge in [0.15, 0.2) is 11.6 Å². The number of amides is 1. The smallest absolute Gasteiger partial charge is 0.225 e. The predicted molar refractivity (Wildman–Crippen MR) is 120 cm³/mol. The largest absolute Gasteiger partial charge is 0.489 e. The second-order valence-corrected chi connectivity index (χ2v) is 10.3. The van der Waals surface area contributed by atoms with E-state index in [2.05, 4.69) is 26.2 Å². The molecule has 3 heterocycles. The van der Waals surface area contributed by atoms with Gasteiger partial charge in [0.05, 0.1) is 6.61 Å². The van der Waals surface area contributed by atoms with Crippen molar-refractivity contribution >= 4 is 11.7 Å². The summed E-state index contributed by atoms with van der Waals surface area (Å²) < 4.78 is 5.84. The van der Waals surface area contributed by atoms with Gasteiger partial charge in [0.25, 0.3) is 0 Å². The van der Waals surface area contributed by atoms with Gasteiger partial charge in [-0.1, -0.05) is 20.8 Å². The molecule has 1 saturated carbocycles. The molecule has 0 unspecified atom stereocenters. The Kier molecular flexibility index (Phi) is 6.51. The van der Waals surface area contributed by atoms with Crippen LogP contribution in [0.1, 0.15) is 58.4 Å². The first kappa shape index (κ1) is 21.4. The van der Waals surface area contributed by atoms with Gasteiger partial charge in [-0.05, 0) is 50.6 Å². The highest BCUT2D eigenvalue weighted by atomic mass is 16.5. The topological polar surface area (TPSA) is 57.7 Å². The molecule has 6 heteroatoms. The lowest BCUT2D eigenvalue weighted by molar-refractivity contribution is -0.129. The summed E-state index contributed by atoms with van der Waals surface area (Å²) in [6.07, 6.45) is 8.96. The van der Waals surface area contributed by atoms with Crippen LogP contribution in [-0.2, 0) is 11.2 Å². The first-order valence-electron chi connectivity index (χ1n) is 11.8. The van der Waals surface area contributed by atoms with Gasteiger partial charge < -0.3 is 15.0 Å². The normalized spacial score (nSPS) is 25.0. The number of carbonyl (C=O) groups excluding carboxylic acids is 1. The standard InChI is InChI=1S/C24H38N4O2/c1-24(2,3)23(29)26-20-6-4-18(5-7-20)9-12-27-13-15-28(16-14-27)22-21-19(8-11-25-22)10-17-30-21/h8,11,18,20H,4-7,9-10,12-17H2,1-3H3,(H,26,29). The lowest BCUT2D eigenvalue weighted by Crippen LogP contribution is -2.47. The summed E-state index contributed by atoms with van der Waals surface area (Å²) in [6, 6.07) is 2.46. The number of anilines is 1. The van der Waals surface area contributed by atoms with Crippen LogP contribution in [0, 0.1) is 11.3 Å². The molecule has 3 aliphatic rings. The molecule has 0 spiro atoms. The molecular weight excluding hydrogens is 376 g/mol. The molecule has 1 saturated heterocycles. The highest BCUT2D eigenvalue weighted by molar-refractivity contribution is 5.81. The van der Waals surface area contributed by atoms with E-state index in [0.717, 1.165) is 69.5 Å². The minimum Gasteiger partial charge on any atom is -0.489 e. The molecule has 1 aromatic rings. The van der Waals surface area contributed by atoms with Crippen LogP contribution in [-0.4, -0.2) is 61.2 Å². The average Bonchev–Trinajstić information content (AvgIpc) is 3.22. The molecule has 30 heavy (non-hydrogen) atoms. The Balaban J connectivity index is 1.17. The van der Waals surface area contributed by atoms with Crippen LogP contribution in [0.5, 0.6) is 5.75 Å². The Hall–Kier alpha value is -1.82. The molecule has 2 aliphatic heterocycles. The molecule has 2 fully saturated rings. The van der Waals surface area contributed by atoms with Gasteiger partial charge >= 0.3 is 0 Å². The molecule has 1 amide bonds. The van der Waals surface area contributed by atoms with Gasteiger partial charge in [-0.15, -0.1) is 0 Å². The van der Waals surface area contributed by atoms with Crippen molar-refractivity contribution in [2.45, 2.75) is 65.3 Å². The van der Waals surface area contributed by atoms with Gasteiger partial charge in [-0.3, -0.25) is 9.69 Å². The molecule has 0 aromatic carbocycles. The first-order chi connectivity index (χ1) is 14.4. The van der Waals surface area contributed by atoms with Crippen LogP contribution in [0.15, 0.2) is 12.3 Å². The third-order valence-electron chi connectivity index (χ3n) is 6.97. The van der Waals surface area contributed by atoms with Crippen LogP contribution in [0.2, 0.25) is 0 Å². The Bertz CT molecular complexity index is 729. The van der Waals surface area contributed by atoms with Gasteiger partial charge in [0.2, 0.25) is 5.91 Å². The van der Waals surface area contributed by atoms with Crippen LogP contribution in [0.25, 0.3) is 0 Å². The first-order valence-corrected chi connectivity index (χ1v) is 11.8. The van der Waals surface area contributed by atoms with E-state index in [4.69, 9.17) is 4.74 Å². The summed E-state index contributed by atoms with van der Waals surface area (Å²) in [6.45, 7) is 12.2. The number of fused-ring (bicyclic) bond motifs is 1. The van der Waals surface area contributed by atoms with Crippen LogP contribution < -0.4 is 15.0 Å². The molecule has 4 rings (SSSR count). The number of hydrogen-bond donors (Lipinski definition) is 1. The fourth-order valence-electron chi connectivity index (χ4n) is 4.86. The number of carbonyl (C=O) groups is 1. The summed E-state index contributed by atoms with van der Waals surface area (Å²) in [7, 11) is 0. The van der Waals surface area contributed by atoms with E-state index in [1.807, 2.05) is 27.0 Å². The molecule has 6 nitrogen and oxygen atoms in total. The van der Waals surface area contributed by atoms with E-state index < -0.39 is 0 Å². The summed E-state index contributed by atoms with van der Waals surface area (Å²) in [5.41, 5.74) is 1.01. The van der Waals surface area contributed by atoms with E-state index in [-0.39, 0.29) is 11.3 Å². The van der Waals surface area contributed by atoms with Gasteiger partial charge in [0, 0.05) is 55.8 Å². The van der Waals surface area contributed by atoms with Crippen molar-refractivity contribution in [2.24, 2.45) is 11.3 Å². The van der Waals surface area contributed by atoms with E-state index in [1.54, 1.807) is 0 Å². The van der Waals surface area contributed by atoms with Crippen LogP contribution in [0.3, 0.4) is 0 Å². The summed E-state index contributed by atoms with van der Waals surface area (Å²) in [4.78, 5) is 21.8. The van der Waals surface area contributed by atoms with Crippen molar-refractivity contribution in [2.75, 3.05) is 44.2 Å². The second-order valence-electron chi connectivity index (χ2n) is 10.3. The van der Waals surface area contributed by atoms with E-state index in [9.17, 15) is 4.79 Å². The Morgan fingerprint density at radius 3 is 2.60 bits per heavy atom. The van der Waals surface area contributed by atoms with Crippen LogP contribution in [0.4, 0.5) is 5.82 Å². The lowest BCUT2D eigenvalue weighted by atomic mass is 9.83. The summed E-state index contributed by atoms with van der Waals surface area (Å²) in [5, 5.41) is 3.25. The predicted octanol–water partition coefficient (Wildman–Crippen LogP) is 3.25. The zero-order valence-electron chi connectivity index (χ0n) is 19.0. The van der Waals surface area contributed by atoms with Gasteiger partial charge in [-0.2, -0.15) is 0 Å². The average molecular weight is 415 g/mol. The van der Waals surface area contributed by atoms with Gasteiger partial charge in [0.1, 0.15) is 0 Å². The zero-order chi connectivity index (χ0) is 21.1. The van der Waals surface area contributed by atoms with E-state index >= 15 is 0 Å². The van der Waals surface area contributed by atoms with Crippen molar-refractivity contribution < 1.29 is 9.53 Å². The Morgan fingerprint density at radius 2 is 1.90 bits per heavy atom. The minimum atomic E-state index is -0.291. The Morgan fingerprint density at radius 1 is 1.17 bits per heavy atom. The number of rotatable bonds is 5. The maximum absolute atomic E-state index is 12.2. The Labute approximate surface area is 181 Å². The number of nitrogens with zero attached hydrogens (tertiary/aromatic N) is 3. The third-order valence-corrected chi connectivity index (χ3v) is 6.97. The second kappa shape index (κ2) is 9.13. The van der Waals surface area contributed by atoms with E-state index in [1.165, 1.54) is 31.4 Å². The maximum atomic E-state index is 12.2. The summed E-state index contributed by atoms with van der Waals surface area (Å²) in [5.74, 6) is 3.05. The van der Waals surface area contributed by atoms with Crippen molar-refractivity contribution in [3.8, 4) is 5.75 Å².